The van der Waals surface area contributed by atoms with Crippen molar-refractivity contribution < 1.29 is 18.6 Å². The molecular formula is C22H23FN3O2+. The van der Waals surface area contributed by atoms with Crippen LogP contribution >= 0.6 is 0 Å². The maximum Gasteiger partial charge on any atom is 0.281 e. The Bertz CT molecular complexity index is 964. The van der Waals surface area contributed by atoms with Crippen LogP contribution in [0.1, 0.15) is 24.0 Å². The van der Waals surface area contributed by atoms with E-state index in [0.29, 0.717) is 29.7 Å². The summed E-state index contributed by atoms with van der Waals surface area (Å²) in [6.45, 7) is 2.78. The third-order valence-corrected chi connectivity index (χ3v) is 5.04. The number of hydrogen-bond donors (Lipinski definition) is 2. The number of halogens is 1. The van der Waals surface area contributed by atoms with Crippen molar-refractivity contribution >= 4 is 11.8 Å². The summed E-state index contributed by atoms with van der Waals surface area (Å²) >= 11 is 0. The van der Waals surface area contributed by atoms with E-state index in [0.717, 1.165) is 23.3 Å². The number of hydrogen-bond acceptors (Lipinski definition) is 3. The SMILES string of the molecule is Cc1ccc(-c2cc(NC(=O)C[NH+](Cc3ccccc3F)C3CC3)on2)cc1. The third kappa shape index (κ3) is 4.46. The summed E-state index contributed by atoms with van der Waals surface area (Å²) in [7, 11) is 0. The number of carbonyl (C=O) groups is 1. The fourth-order valence-corrected chi connectivity index (χ4v) is 3.31. The van der Waals surface area contributed by atoms with E-state index in [1.165, 1.54) is 11.6 Å². The van der Waals surface area contributed by atoms with Crippen LogP contribution < -0.4 is 10.2 Å². The molecule has 0 bridgehead atoms. The molecule has 28 heavy (non-hydrogen) atoms. The number of nitrogens with one attached hydrogen (secondary N) is 2. The van der Waals surface area contributed by atoms with E-state index in [9.17, 15) is 9.18 Å². The predicted molar refractivity (Wildman–Crippen MR) is 104 cm³/mol. The van der Waals surface area contributed by atoms with Crippen LogP contribution in [0.2, 0.25) is 0 Å². The summed E-state index contributed by atoms with van der Waals surface area (Å²) in [5.41, 5.74) is 3.41. The van der Waals surface area contributed by atoms with Gasteiger partial charge in [0.1, 0.15) is 18.1 Å². The molecule has 1 saturated carbocycles. The highest BCUT2D eigenvalue weighted by molar-refractivity contribution is 5.90. The van der Waals surface area contributed by atoms with E-state index in [4.69, 9.17) is 4.52 Å². The van der Waals surface area contributed by atoms with E-state index in [-0.39, 0.29) is 18.3 Å². The third-order valence-electron chi connectivity index (χ3n) is 5.04. The van der Waals surface area contributed by atoms with Gasteiger partial charge in [-0.3, -0.25) is 10.1 Å². The van der Waals surface area contributed by atoms with Crippen molar-refractivity contribution in [2.24, 2.45) is 0 Å². The number of carbonyl (C=O) groups excluding carboxylic acids is 1. The van der Waals surface area contributed by atoms with Gasteiger partial charge in [-0.2, -0.15) is 0 Å². The fraction of sp³-hybridized carbons (Fsp3) is 0.273. The lowest BCUT2D eigenvalue weighted by atomic mass is 10.1. The second kappa shape index (κ2) is 7.94. The lowest BCUT2D eigenvalue weighted by molar-refractivity contribution is -0.917. The van der Waals surface area contributed by atoms with Crippen LogP contribution in [0.4, 0.5) is 10.3 Å². The Morgan fingerprint density at radius 3 is 2.68 bits per heavy atom. The Labute approximate surface area is 163 Å². The minimum atomic E-state index is -0.223. The minimum absolute atomic E-state index is 0.162. The maximum absolute atomic E-state index is 14.0. The van der Waals surface area contributed by atoms with Gasteiger partial charge in [-0.15, -0.1) is 0 Å². The molecule has 2 aromatic carbocycles. The minimum Gasteiger partial charge on any atom is -0.338 e. The van der Waals surface area contributed by atoms with E-state index >= 15 is 0 Å². The van der Waals surface area contributed by atoms with Crippen molar-refractivity contribution in [1.82, 2.24) is 5.16 Å². The topological polar surface area (TPSA) is 59.6 Å². The Hall–Kier alpha value is -2.99. The molecule has 1 fully saturated rings. The highest BCUT2D eigenvalue weighted by Gasteiger charge is 2.35. The first-order chi connectivity index (χ1) is 13.6. The Balaban J connectivity index is 1.39. The molecule has 0 saturated heterocycles. The number of quaternary nitrogens is 1. The van der Waals surface area contributed by atoms with E-state index < -0.39 is 0 Å². The van der Waals surface area contributed by atoms with Crippen LogP contribution in [0.5, 0.6) is 0 Å². The molecule has 1 aliphatic rings. The molecule has 2 N–H and O–H groups in total. The summed E-state index contributed by atoms with van der Waals surface area (Å²) < 4.78 is 19.2. The van der Waals surface area contributed by atoms with Crippen molar-refractivity contribution in [1.29, 1.82) is 0 Å². The number of anilines is 1. The van der Waals surface area contributed by atoms with Crippen molar-refractivity contribution in [3.8, 4) is 11.3 Å². The number of nitrogens with zero attached hydrogens (tertiary/aromatic N) is 1. The Kier molecular flexibility index (Phi) is 5.21. The van der Waals surface area contributed by atoms with Crippen LogP contribution in [0.25, 0.3) is 11.3 Å². The standard InChI is InChI=1S/C22H22FN3O2/c1-15-6-8-16(9-7-15)20-12-22(28-25-20)24-21(27)14-26(18-10-11-18)13-17-4-2-3-5-19(17)23/h2-9,12,18H,10-11,13-14H2,1H3,(H,24,27)/p+1. The van der Waals surface area contributed by atoms with Crippen LogP contribution in [0, 0.1) is 12.7 Å². The number of amides is 1. The monoisotopic (exact) mass is 380 g/mol. The molecule has 0 spiro atoms. The molecular weight excluding hydrogens is 357 g/mol. The second-order valence-corrected chi connectivity index (χ2v) is 7.37. The van der Waals surface area contributed by atoms with Gasteiger partial charge in [0, 0.05) is 30.0 Å². The molecule has 0 aliphatic heterocycles. The fourth-order valence-electron chi connectivity index (χ4n) is 3.31. The number of aryl methyl sites for hydroxylation is 1. The highest BCUT2D eigenvalue weighted by Crippen LogP contribution is 2.22. The molecule has 1 aromatic heterocycles. The van der Waals surface area contributed by atoms with Crippen LogP contribution in [0.15, 0.2) is 59.1 Å². The predicted octanol–water partition coefficient (Wildman–Crippen LogP) is 2.98. The normalized spacial score (nSPS) is 14.6. The number of aromatic nitrogens is 1. The molecule has 4 rings (SSSR count). The molecule has 5 nitrogen and oxygen atoms in total. The second-order valence-electron chi connectivity index (χ2n) is 7.37. The summed E-state index contributed by atoms with van der Waals surface area (Å²) in [5.74, 6) is -0.0644. The van der Waals surface area contributed by atoms with Gasteiger partial charge in [0.05, 0.1) is 6.04 Å². The van der Waals surface area contributed by atoms with Crippen molar-refractivity contribution in [2.75, 3.05) is 11.9 Å². The van der Waals surface area contributed by atoms with Crippen LogP contribution in [0.3, 0.4) is 0 Å². The quantitative estimate of drug-likeness (QED) is 0.663. The van der Waals surface area contributed by atoms with Crippen LogP contribution in [-0.4, -0.2) is 23.7 Å². The first-order valence-electron chi connectivity index (χ1n) is 9.50. The smallest absolute Gasteiger partial charge is 0.281 e. The maximum atomic E-state index is 14.0. The summed E-state index contributed by atoms with van der Waals surface area (Å²) in [6, 6.07) is 16.8. The molecule has 3 aromatic rings. The average molecular weight is 380 g/mol. The molecule has 1 atom stereocenters. The summed E-state index contributed by atoms with van der Waals surface area (Å²) in [4.78, 5) is 13.6. The van der Waals surface area contributed by atoms with Gasteiger partial charge < -0.3 is 9.42 Å². The van der Waals surface area contributed by atoms with Gasteiger partial charge in [0.25, 0.3) is 5.91 Å². The molecule has 1 unspecified atom stereocenters. The first-order valence-corrected chi connectivity index (χ1v) is 9.50. The van der Waals surface area contributed by atoms with Gasteiger partial charge in [0.15, 0.2) is 6.54 Å². The van der Waals surface area contributed by atoms with E-state index in [1.54, 1.807) is 18.2 Å². The lowest BCUT2D eigenvalue weighted by Crippen LogP contribution is -3.13. The first kappa shape index (κ1) is 18.4. The Morgan fingerprint density at radius 1 is 1.21 bits per heavy atom. The van der Waals surface area contributed by atoms with Gasteiger partial charge in [-0.1, -0.05) is 53.2 Å². The van der Waals surface area contributed by atoms with E-state index in [2.05, 4.69) is 10.5 Å². The Morgan fingerprint density at radius 2 is 1.96 bits per heavy atom. The number of rotatable bonds is 7. The molecule has 144 valence electrons. The zero-order valence-corrected chi connectivity index (χ0v) is 15.7. The lowest BCUT2D eigenvalue weighted by Gasteiger charge is -2.18. The van der Waals surface area contributed by atoms with Crippen molar-refractivity contribution in [3.05, 3.63) is 71.5 Å². The molecule has 1 aliphatic carbocycles. The van der Waals surface area contributed by atoms with Crippen molar-refractivity contribution in [3.63, 3.8) is 0 Å². The van der Waals surface area contributed by atoms with Gasteiger partial charge in [0.2, 0.25) is 5.88 Å². The molecule has 6 heteroatoms. The largest absolute Gasteiger partial charge is 0.338 e. The van der Waals surface area contributed by atoms with Gasteiger partial charge in [-0.05, 0) is 13.0 Å². The van der Waals surface area contributed by atoms with Gasteiger partial charge >= 0.3 is 0 Å². The highest BCUT2D eigenvalue weighted by atomic mass is 19.1. The molecule has 1 amide bonds. The zero-order chi connectivity index (χ0) is 19.5. The zero-order valence-electron chi connectivity index (χ0n) is 15.7. The average Bonchev–Trinajstić information content (AvgIpc) is 3.43. The van der Waals surface area contributed by atoms with Crippen molar-refractivity contribution in [2.45, 2.75) is 32.4 Å². The van der Waals surface area contributed by atoms with Crippen LogP contribution in [-0.2, 0) is 11.3 Å². The van der Waals surface area contributed by atoms with Gasteiger partial charge in [-0.25, -0.2) is 4.39 Å². The molecule has 0 radical (unpaired) electrons. The summed E-state index contributed by atoms with van der Waals surface area (Å²) in [5, 5.41) is 6.80. The van der Waals surface area contributed by atoms with E-state index in [1.807, 2.05) is 37.3 Å². The number of benzene rings is 2. The summed E-state index contributed by atoms with van der Waals surface area (Å²) in [6.07, 6.45) is 2.13. The molecule has 1 heterocycles.